The van der Waals surface area contributed by atoms with E-state index < -0.39 is 0 Å². The average Bonchev–Trinajstić information content (AvgIpc) is 2.46. The SMILES string of the molecule is CCN(CC)c1cnn(-c2ccccc2)c(=O)c1Cl. The number of aromatic nitrogens is 2. The summed E-state index contributed by atoms with van der Waals surface area (Å²) >= 11 is 6.19. The van der Waals surface area contributed by atoms with Crippen LogP contribution in [0.1, 0.15) is 13.8 Å². The van der Waals surface area contributed by atoms with Crippen molar-refractivity contribution in [3.63, 3.8) is 0 Å². The predicted molar refractivity (Wildman–Crippen MR) is 78.4 cm³/mol. The first-order valence-electron chi connectivity index (χ1n) is 6.27. The molecule has 0 N–H and O–H groups in total. The van der Waals surface area contributed by atoms with Gasteiger partial charge in [-0.3, -0.25) is 4.79 Å². The predicted octanol–water partition coefficient (Wildman–Crippen LogP) is 2.73. The first-order chi connectivity index (χ1) is 9.19. The second-order valence-corrected chi connectivity index (χ2v) is 4.45. The smallest absolute Gasteiger partial charge is 0.292 e. The molecule has 2 aromatic rings. The standard InChI is InChI=1S/C14H16ClN3O/c1-3-17(4-2)12-10-16-18(14(19)13(12)15)11-8-6-5-7-9-11/h5-10H,3-4H2,1-2H3. The molecular weight excluding hydrogens is 262 g/mol. The topological polar surface area (TPSA) is 38.1 Å². The van der Waals surface area contributed by atoms with Crippen LogP contribution in [0.2, 0.25) is 5.02 Å². The molecule has 0 amide bonds. The normalized spacial score (nSPS) is 10.5. The molecular formula is C14H16ClN3O. The Morgan fingerprint density at radius 2 is 1.84 bits per heavy atom. The van der Waals surface area contributed by atoms with Crippen molar-refractivity contribution < 1.29 is 0 Å². The highest BCUT2D eigenvalue weighted by atomic mass is 35.5. The highest BCUT2D eigenvalue weighted by molar-refractivity contribution is 6.33. The fraction of sp³-hybridized carbons (Fsp3) is 0.286. The van der Waals surface area contributed by atoms with Gasteiger partial charge in [0, 0.05) is 13.1 Å². The molecule has 0 saturated heterocycles. The lowest BCUT2D eigenvalue weighted by Gasteiger charge is -2.21. The van der Waals surface area contributed by atoms with Crippen LogP contribution in [0.15, 0.2) is 41.3 Å². The zero-order chi connectivity index (χ0) is 13.8. The number of nitrogens with zero attached hydrogens (tertiary/aromatic N) is 3. The Labute approximate surface area is 117 Å². The van der Waals surface area contributed by atoms with Crippen LogP contribution < -0.4 is 10.5 Å². The van der Waals surface area contributed by atoms with E-state index in [2.05, 4.69) is 5.10 Å². The molecule has 0 aliphatic rings. The van der Waals surface area contributed by atoms with Crippen LogP contribution in [0.25, 0.3) is 5.69 Å². The van der Waals surface area contributed by atoms with Crippen LogP contribution in [-0.4, -0.2) is 22.9 Å². The van der Waals surface area contributed by atoms with Gasteiger partial charge in [0.15, 0.2) is 0 Å². The third-order valence-electron chi connectivity index (χ3n) is 3.01. The fourth-order valence-electron chi connectivity index (χ4n) is 1.96. The lowest BCUT2D eigenvalue weighted by Crippen LogP contribution is -2.28. The molecule has 0 fully saturated rings. The Kier molecular flexibility index (Phi) is 4.22. The van der Waals surface area contributed by atoms with Gasteiger partial charge in [-0.05, 0) is 26.0 Å². The Hall–Kier alpha value is -1.81. The van der Waals surface area contributed by atoms with Gasteiger partial charge < -0.3 is 4.90 Å². The molecule has 0 aliphatic heterocycles. The number of hydrogen-bond acceptors (Lipinski definition) is 3. The molecule has 1 aromatic carbocycles. The maximum atomic E-state index is 12.3. The maximum absolute atomic E-state index is 12.3. The highest BCUT2D eigenvalue weighted by Crippen LogP contribution is 2.21. The Balaban J connectivity index is 2.52. The molecule has 100 valence electrons. The van der Waals surface area contributed by atoms with Gasteiger partial charge in [-0.15, -0.1) is 0 Å². The Morgan fingerprint density at radius 3 is 2.42 bits per heavy atom. The van der Waals surface area contributed by atoms with Crippen LogP contribution in [0.4, 0.5) is 5.69 Å². The van der Waals surface area contributed by atoms with E-state index in [-0.39, 0.29) is 10.6 Å². The molecule has 1 heterocycles. The van der Waals surface area contributed by atoms with Gasteiger partial charge in [0.2, 0.25) is 0 Å². The number of hydrogen-bond donors (Lipinski definition) is 0. The van der Waals surface area contributed by atoms with E-state index in [0.29, 0.717) is 11.4 Å². The van der Waals surface area contributed by atoms with Crippen molar-refractivity contribution in [2.24, 2.45) is 0 Å². The van der Waals surface area contributed by atoms with E-state index in [1.165, 1.54) is 4.68 Å². The molecule has 0 radical (unpaired) electrons. The summed E-state index contributed by atoms with van der Waals surface area (Å²) in [7, 11) is 0. The molecule has 5 heteroatoms. The second-order valence-electron chi connectivity index (χ2n) is 4.07. The Bertz CT molecular complexity index is 606. The van der Waals surface area contributed by atoms with E-state index >= 15 is 0 Å². The first-order valence-corrected chi connectivity index (χ1v) is 6.65. The van der Waals surface area contributed by atoms with E-state index in [4.69, 9.17) is 11.6 Å². The summed E-state index contributed by atoms with van der Waals surface area (Å²) in [6.45, 7) is 5.60. The number of halogens is 1. The van der Waals surface area contributed by atoms with E-state index in [0.717, 1.165) is 13.1 Å². The fourth-order valence-corrected chi connectivity index (χ4v) is 2.21. The number of benzene rings is 1. The summed E-state index contributed by atoms with van der Waals surface area (Å²) < 4.78 is 1.31. The average molecular weight is 278 g/mol. The minimum atomic E-state index is -0.294. The first kappa shape index (κ1) is 13.6. The summed E-state index contributed by atoms with van der Waals surface area (Å²) in [6.07, 6.45) is 1.64. The molecule has 0 saturated carbocycles. The molecule has 0 bridgehead atoms. The summed E-state index contributed by atoms with van der Waals surface area (Å²) in [4.78, 5) is 14.3. The number of para-hydroxylation sites is 1. The van der Waals surface area contributed by atoms with Gasteiger partial charge in [0.05, 0.1) is 17.6 Å². The van der Waals surface area contributed by atoms with Gasteiger partial charge in [-0.25, -0.2) is 0 Å². The molecule has 0 aliphatic carbocycles. The van der Waals surface area contributed by atoms with Crippen molar-refractivity contribution in [1.82, 2.24) is 9.78 Å². The van der Waals surface area contributed by atoms with Crippen molar-refractivity contribution in [3.05, 3.63) is 51.9 Å². The van der Waals surface area contributed by atoms with Crippen LogP contribution in [0.3, 0.4) is 0 Å². The highest BCUT2D eigenvalue weighted by Gasteiger charge is 2.13. The molecule has 4 nitrogen and oxygen atoms in total. The lowest BCUT2D eigenvalue weighted by molar-refractivity contribution is 0.786. The minimum Gasteiger partial charge on any atom is -0.369 e. The molecule has 1 aromatic heterocycles. The second kappa shape index (κ2) is 5.89. The summed E-state index contributed by atoms with van der Waals surface area (Å²) in [5, 5.41) is 4.41. The van der Waals surface area contributed by atoms with Gasteiger partial charge in [-0.2, -0.15) is 9.78 Å². The van der Waals surface area contributed by atoms with Crippen molar-refractivity contribution in [2.75, 3.05) is 18.0 Å². The molecule has 0 atom stereocenters. The van der Waals surface area contributed by atoms with Gasteiger partial charge in [0.1, 0.15) is 5.02 Å². The number of anilines is 1. The third kappa shape index (κ3) is 2.63. The van der Waals surface area contributed by atoms with Crippen LogP contribution in [0.5, 0.6) is 0 Å². The largest absolute Gasteiger partial charge is 0.369 e. The quantitative estimate of drug-likeness (QED) is 0.862. The lowest BCUT2D eigenvalue weighted by atomic mass is 10.3. The number of rotatable bonds is 4. The Morgan fingerprint density at radius 1 is 1.21 bits per heavy atom. The van der Waals surface area contributed by atoms with Gasteiger partial charge >= 0.3 is 0 Å². The van der Waals surface area contributed by atoms with Gasteiger partial charge in [-0.1, -0.05) is 29.8 Å². The van der Waals surface area contributed by atoms with Crippen molar-refractivity contribution in [2.45, 2.75) is 13.8 Å². The van der Waals surface area contributed by atoms with Gasteiger partial charge in [0.25, 0.3) is 5.56 Å². The van der Waals surface area contributed by atoms with Crippen LogP contribution in [0, 0.1) is 0 Å². The van der Waals surface area contributed by atoms with Crippen molar-refractivity contribution in [1.29, 1.82) is 0 Å². The summed E-state index contributed by atoms with van der Waals surface area (Å²) in [5.74, 6) is 0. The monoisotopic (exact) mass is 277 g/mol. The molecule has 0 spiro atoms. The summed E-state index contributed by atoms with van der Waals surface area (Å²) in [5.41, 5.74) is 1.10. The zero-order valence-electron chi connectivity index (χ0n) is 11.0. The minimum absolute atomic E-state index is 0.211. The van der Waals surface area contributed by atoms with E-state index in [1.54, 1.807) is 6.20 Å². The molecule has 19 heavy (non-hydrogen) atoms. The van der Waals surface area contributed by atoms with Crippen LogP contribution in [-0.2, 0) is 0 Å². The molecule has 0 unspecified atom stereocenters. The third-order valence-corrected chi connectivity index (χ3v) is 3.36. The van der Waals surface area contributed by atoms with Crippen LogP contribution >= 0.6 is 11.6 Å². The maximum Gasteiger partial charge on any atom is 0.292 e. The van der Waals surface area contributed by atoms with Crippen molar-refractivity contribution >= 4 is 17.3 Å². The molecule has 2 rings (SSSR count). The zero-order valence-corrected chi connectivity index (χ0v) is 11.8. The van der Waals surface area contributed by atoms with Crippen molar-refractivity contribution in [3.8, 4) is 5.69 Å². The van der Waals surface area contributed by atoms with E-state index in [9.17, 15) is 4.79 Å². The summed E-state index contributed by atoms with van der Waals surface area (Å²) in [6, 6.07) is 9.25. The van der Waals surface area contributed by atoms with E-state index in [1.807, 2.05) is 49.1 Å².